The Balaban J connectivity index is 0.00000400. The Labute approximate surface area is 143 Å². The van der Waals surface area contributed by atoms with Gasteiger partial charge in [0.1, 0.15) is 11.4 Å². The first-order valence-electron chi connectivity index (χ1n) is 5.49. The number of carboxylic acids is 1. The minimum Gasteiger partial charge on any atom is -0.548 e. The normalized spacial score (nSPS) is 9.81. The second kappa shape index (κ2) is 9.16. The summed E-state index contributed by atoms with van der Waals surface area (Å²) in [6.07, 6.45) is 0. The number of nitrogens with zero attached hydrogens (tertiary/aromatic N) is 3. The third-order valence-electron chi connectivity index (χ3n) is 2.11. The van der Waals surface area contributed by atoms with E-state index in [1.54, 1.807) is 12.1 Å². The molecule has 0 spiro atoms. The molecule has 1 rings (SSSR count). The number of urea groups is 1. The number of amides is 2. The number of carboxylic acid groups (broad SMARTS) is 1. The van der Waals surface area contributed by atoms with E-state index in [2.05, 4.69) is 15.7 Å². The number of rotatable bonds is 6. The molecule has 2 amide bonds. The first-order chi connectivity index (χ1) is 9.42. The summed E-state index contributed by atoms with van der Waals surface area (Å²) >= 11 is 0. The van der Waals surface area contributed by atoms with Crippen LogP contribution in [0.25, 0.3) is 0 Å². The van der Waals surface area contributed by atoms with Gasteiger partial charge in [-0.3, -0.25) is 5.01 Å². The first-order valence-corrected chi connectivity index (χ1v) is 5.49. The largest absolute Gasteiger partial charge is 1.00 e. The molecule has 3 N–H and O–H groups in total. The van der Waals surface area contributed by atoms with Crippen LogP contribution in [0.15, 0.2) is 28.5 Å². The Morgan fingerprint density at radius 2 is 2.14 bits per heavy atom. The summed E-state index contributed by atoms with van der Waals surface area (Å²) in [5.74, 6) is -0.867. The summed E-state index contributed by atoms with van der Waals surface area (Å²) in [7, 11) is 2.87. The number of primary amides is 1. The number of aliphatic carboxylic acids is 1. The van der Waals surface area contributed by atoms with E-state index in [9.17, 15) is 14.7 Å². The van der Waals surface area contributed by atoms with Crippen molar-refractivity contribution in [2.75, 3.05) is 26.0 Å². The van der Waals surface area contributed by atoms with Gasteiger partial charge in [-0.05, 0) is 18.2 Å². The zero-order chi connectivity index (χ0) is 15.1. The molecule has 0 aromatic heterocycles. The number of carbonyl (C=O) groups excluding carboxylic acids is 2. The van der Waals surface area contributed by atoms with Crippen LogP contribution in [0.1, 0.15) is 0 Å². The summed E-state index contributed by atoms with van der Waals surface area (Å²) in [6.45, 7) is -0.398. The number of carbonyl (C=O) groups is 2. The number of hydrogen-bond acceptors (Lipinski definition) is 6. The number of hydrogen-bond donors (Lipinski definition) is 2. The quantitative estimate of drug-likeness (QED) is 0.326. The third kappa shape index (κ3) is 6.93. The van der Waals surface area contributed by atoms with E-state index in [0.29, 0.717) is 17.1 Å². The van der Waals surface area contributed by atoms with E-state index in [4.69, 9.17) is 10.5 Å². The van der Waals surface area contributed by atoms with E-state index in [-0.39, 0.29) is 29.6 Å². The molecule has 0 aliphatic rings. The standard InChI is InChI=1S/C11H15N5O4.Na/c1-16(6-10(17)18)15-14-8-5-7(13-11(12)19)3-4-9(8)20-2;/h3-5H,6H2,1-2H3,(H,17,18)(H3,12,13,19);/q;+1/p-1. The molecule has 0 fully saturated rings. The van der Waals surface area contributed by atoms with Crippen molar-refractivity contribution in [1.82, 2.24) is 5.01 Å². The number of methoxy groups -OCH3 is 1. The average Bonchev–Trinajstić information content (AvgIpc) is 2.35. The van der Waals surface area contributed by atoms with Crippen LogP contribution in [-0.4, -0.2) is 37.7 Å². The van der Waals surface area contributed by atoms with Crippen molar-refractivity contribution in [3.05, 3.63) is 18.2 Å². The molecule has 9 nitrogen and oxygen atoms in total. The van der Waals surface area contributed by atoms with Crippen LogP contribution in [0.4, 0.5) is 16.2 Å². The second-order valence-electron chi connectivity index (χ2n) is 3.75. The van der Waals surface area contributed by atoms with E-state index in [1.165, 1.54) is 20.2 Å². The van der Waals surface area contributed by atoms with Gasteiger partial charge in [0.2, 0.25) is 0 Å². The number of nitrogens with two attached hydrogens (primary N) is 1. The first kappa shape index (κ1) is 19.2. The van der Waals surface area contributed by atoms with Crippen LogP contribution in [0.5, 0.6) is 5.75 Å². The predicted octanol–water partition coefficient (Wildman–Crippen LogP) is -3.13. The Hall–Kier alpha value is -1.84. The molecule has 10 heteroatoms. The maximum absolute atomic E-state index is 10.8. The van der Waals surface area contributed by atoms with Gasteiger partial charge in [-0.25, -0.2) is 4.79 Å². The molecular weight excluding hydrogens is 289 g/mol. The number of anilines is 1. The van der Waals surface area contributed by atoms with Crippen LogP contribution >= 0.6 is 0 Å². The summed E-state index contributed by atoms with van der Waals surface area (Å²) in [6, 6.07) is 3.92. The van der Waals surface area contributed by atoms with Crippen molar-refractivity contribution in [3.8, 4) is 5.75 Å². The van der Waals surface area contributed by atoms with Crippen molar-refractivity contribution >= 4 is 23.4 Å². The second-order valence-corrected chi connectivity index (χ2v) is 3.75. The third-order valence-corrected chi connectivity index (χ3v) is 2.11. The molecule has 0 heterocycles. The van der Waals surface area contributed by atoms with Crippen molar-refractivity contribution in [2.24, 2.45) is 16.1 Å². The molecule has 0 aliphatic carbocycles. The zero-order valence-corrected chi connectivity index (χ0v) is 14.0. The molecule has 0 saturated carbocycles. The molecule has 0 radical (unpaired) electrons. The SMILES string of the molecule is COc1ccc(NC(N)=O)cc1N=NN(C)CC(=O)[O-].[Na+]. The van der Waals surface area contributed by atoms with Gasteiger partial charge >= 0.3 is 35.6 Å². The van der Waals surface area contributed by atoms with Crippen LogP contribution in [0, 0.1) is 0 Å². The van der Waals surface area contributed by atoms with Gasteiger partial charge < -0.3 is 25.7 Å². The molecule has 0 aliphatic heterocycles. The predicted molar refractivity (Wildman–Crippen MR) is 68.4 cm³/mol. The molecule has 0 saturated heterocycles. The van der Waals surface area contributed by atoms with Crippen molar-refractivity contribution in [1.29, 1.82) is 0 Å². The van der Waals surface area contributed by atoms with Gasteiger partial charge in [0.15, 0.2) is 0 Å². The maximum Gasteiger partial charge on any atom is 1.00 e. The minimum atomic E-state index is -1.28. The van der Waals surface area contributed by atoms with E-state index < -0.39 is 18.5 Å². The fourth-order valence-corrected chi connectivity index (χ4v) is 1.33. The van der Waals surface area contributed by atoms with Crippen molar-refractivity contribution < 1.29 is 49.0 Å². The number of likely N-dealkylation sites (N-methyl/N-ethyl adjacent to an activating group) is 1. The van der Waals surface area contributed by atoms with Crippen molar-refractivity contribution in [3.63, 3.8) is 0 Å². The molecule has 21 heavy (non-hydrogen) atoms. The van der Waals surface area contributed by atoms with Crippen LogP contribution in [-0.2, 0) is 4.79 Å². The maximum atomic E-state index is 10.8. The molecule has 1 aromatic carbocycles. The molecule has 0 bridgehead atoms. The Kier molecular flexibility index (Phi) is 8.36. The van der Waals surface area contributed by atoms with E-state index >= 15 is 0 Å². The van der Waals surface area contributed by atoms with Crippen LogP contribution in [0.2, 0.25) is 0 Å². The summed E-state index contributed by atoms with van der Waals surface area (Å²) in [5.41, 5.74) is 5.73. The Morgan fingerprint density at radius 1 is 1.48 bits per heavy atom. The minimum absolute atomic E-state index is 0. The fourth-order valence-electron chi connectivity index (χ4n) is 1.33. The Bertz CT molecular complexity index is 537. The number of ether oxygens (including phenoxy) is 1. The van der Waals surface area contributed by atoms with Gasteiger partial charge in [-0.2, -0.15) is 0 Å². The van der Waals surface area contributed by atoms with Gasteiger partial charge in [-0.1, -0.05) is 5.22 Å². The monoisotopic (exact) mass is 303 g/mol. The van der Waals surface area contributed by atoms with Crippen molar-refractivity contribution in [2.45, 2.75) is 0 Å². The fraction of sp³-hybridized carbons (Fsp3) is 0.273. The van der Waals surface area contributed by atoms with E-state index in [0.717, 1.165) is 5.01 Å². The molecule has 0 atom stereocenters. The van der Waals surface area contributed by atoms with Gasteiger partial charge in [0, 0.05) is 12.7 Å². The van der Waals surface area contributed by atoms with E-state index in [1.807, 2.05) is 0 Å². The van der Waals surface area contributed by atoms with Crippen LogP contribution < -0.4 is 50.5 Å². The molecule has 0 unspecified atom stereocenters. The number of benzene rings is 1. The average molecular weight is 303 g/mol. The smallest absolute Gasteiger partial charge is 0.548 e. The number of nitrogens with one attached hydrogen (secondary N) is 1. The zero-order valence-electron chi connectivity index (χ0n) is 12.0. The van der Waals surface area contributed by atoms with Gasteiger partial charge in [0.05, 0.1) is 19.6 Å². The summed E-state index contributed by atoms with van der Waals surface area (Å²) < 4.78 is 5.07. The molecular formula is C11H14N5NaO4. The molecule has 108 valence electrons. The Morgan fingerprint density at radius 3 is 2.67 bits per heavy atom. The van der Waals surface area contributed by atoms with Gasteiger partial charge in [-0.15, -0.1) is 5.11 Å². The van der Waals surface area contributed by atoms with Gasteiger partial charge in [0.25, 0.3) is 0 Å². The topological polar surface area (TPSA) is 132 Å². The van der Waals surface area contributed by atoms with Crippen LogP contribution in [0.3, 0.4) is 0 Å². The summed E-state index contributed by atoms with van der Waals surface area (Å²) in [5, 5.41) is 21.4. The summed E-state index contributed by atoms with van der Waals surface area (Å²) in [4.78, 5) is 21.1. The molecule has 1 aromatic rings.